The van der Waals surface area contributed by atoms with Crippen LogP contribution in [0.2, 0.25) is 0 Å². The molecule has 5 atom stereocenters. The molecule has 1 aromatic heterocycles. The molecule has 1 aliphatic heterocycles. The van der Waals surface area contributed by atoms with Gasteiger partial charge in [-0.25, -0.2) is 9.18 Å². The second-order valence-electron chi connectivity index (χ2n) is 7.04. The molecule has 0 spiro atoms. The maximum Gasteiger partial charge on any atom is 0.349 e. The van der Waals surface area contributed by atoms with Crippen LogP contribution in [0.25, 0.3) is 10.4 Å². The molecule has 13 heteroatoms. The fourth-order valence-electron chi connectivity index (χ4n) is 3.65. The summed E-state index contributed by atoms with van der Waals surface area (Å²) in [6.07, 6.45) is -1.55. The van der Waals surface area contributed by atoms with Crippen LogP contribution in [0.3, 0.4) is 0 Å². The molecule has 2 fully saturated rings. The highest BCUT2D eigenvalue weighted by molar-refractivity contribution is 5.70. The lowest BCUT2D eigenvalue weighted by Crippen LogP contribution is -2.55. The summed E-state index contributed by atoms with van der Waals surface area (Å²) in [6, 6.07) is 0.177. The van der Waals surface area contributed by atoms with Crippen LogP contribution in [0.4, 0.5) is 10.2 Å². The minimum atomic E-state index is -2.32. The number of aromatic nitrogens is 2. The van der Waals surface area contributed by atoms with Gasteiger partial charge in [-0.05, 0) is 11.6 Å². The van der Waals surface area contributed by atoms with Crippen LogP contribution in [0.5, 0.6) is 0 Å². The molecule has 3 rings (SSSR count). The molecule has 2 aliphatic rings. The number of esters is 2. The summed E-state index contributed by atoms with van der Waals surface area (Å²) < 4.78 is 33.4. The number of nitrogens with zero attached hydrogens (tertiary/aromatic N) is 5. The van der Waals surface area contributed by atoms with Crippen molar-refractivity contribution in [2.24, 2.45) is 5.11 Å². The van der Waals surface area contributed by atoms with E-state index in [0.29, 0.717) is 0 Å². The summed E-state index contributed by atoms with van der Waals surface area (Å²) in [7, 11) is 0. The monoisotopic (exact) mass is 424 g/mol. The van der Waals surface area contributed by atoms with Gasteiger partial charge in [0, 0.05) is 24.0 Å². The molecule has 0 amide bonds. The van der Waals surface area contributed by atoms with Crippen molar-refractivity contribution < 1.29 is 28.2 Å². The van der Waals surface area contributed by atoms with Crippen LogP contribution in [0.15, 0.2) is 22.2 Å². The van der Waals surface area contributed by atoms with E-state index in [2.05, 4.69) is 15.0 Å². The summed E-state index contributed by atoms with van der Waals surface area (Å²) in [5, 5.41) is 3.44. The van der Waals surface area contributed by atoms with Gasteiger partial charge in [0.25, 0.3) is 0 Å². The van der Waals surface area contributed by atoms with Crippen LogP contribution >= 0.6 is 0 Å². The van der Waals surface area contributed by atoms with Crippen molar-refractivity contribution >= 4 is 17.8 Å². The van der Waals surface area contributed by atoms with E-state index in [1.807, 2.05) is 0 Å². The molecule has 1 saturated carbocycles. The van der Waals surface area contributed by atoms with Crippen LogP contribution < -0.4 is 11.4 Å². The van der Waals surface area contributed by atoms with Gasteiger partial charge in [0.15, 0.2) is 6.10 Å². The van der Waals surface area contributed by atoms with E-state index < -0.39 is 60.3 Å². The molecule has 12 nitrogen and oxygen atoms in total. The first kappa shape index (κ1) is 21.5. The number of nitrogen functional groups attached to an aromatic ring is 1. The third kappa shape index (κ3) is 3.46. The predicted molar refractivity (Wildman–Crippen MR) is 98.8 cm³/mol. The maximum atomic E-state index is 16.1. The number of nitrogens with two attached hydrogens (primary N) is 1. The standard InChI is InChI=1S/C17H21FN6O6/c1-3-10(25)28-8-16(7-21-23-20)14(29-11(26)4-2)17(18)12(13(17)30-16)24-6-5-9(19)22-15(24)27/h5-6,12-14H,3-4,7-8H2,1-2H3,(H2,19,22,27)/t12?,13-,14+,16+,17+/m0/s1. The Kier molecular flexibility index (Phi) is 5.68. The number of azide groups is 1. The molecule has 30 heavy (non-hydrogen) atoms. The topological polar surface area (TPSA) is 171 Å². The Morgan fingerprint density at radius 2 is 2.13 bits per heavy atom. The molecule has 0 bridgehead atoms. The summed E-state index contributed by atoms with van der Waals surface area (Å²) in [5.41, 5.74) is 9.36. The van der Waals surface area contributed by atoms with Crippen LogP contribution in [0, 0.1) is 0 Å². The first-order valence-corrected chi connectivity index (χ1v) is 9.30. The second-order valence-corrected chi connectivity index (χ2v) is 7.04. The highest BCUT2D eigenvalue weighted by Gasteiger charge is 2.85. The zero-order chi connectivity index (χ0) is 22.1. The smallest absolute Gasteiger partial charge is 0.349 e. The average molecular weight is 424 g/mol. The Hall–Kier alpha value is -3.18. The molecule has 162 valence electrons. The van der Waals surface area contributed by atoms with Gasteiger partial charge in [-0.1, -0.05) is 19.0 Å². The van der Waals surface area contributed by atoms with Crippen molar-refractivity contribution in [3.05, 3.63) is 33.2 Å². The Morgan fingerprint density at radius 3 is 2.73 bits per heavy atom. The Balaban J connectivity index is 1.99. The molecule has 2 heterocycles. The SMILES string of the molecule is CCC(=O)OC[C@@]1(CN=[N+]=[N-])O[C@H]2C(n3ccc(N)nc3=O)[C@]2(F)[C@@H]1OC(=O)CC. The van der Waals surface area contributed by atoms with Crippen LogP contribution in [0.1, 0.15) is 32.7 Å². The van der Waals surface area contributed by atoms with Gasteiger partial charge in [0.1, 0.15) is 30.2 Å². The van der Waals surface area contributed by atoms with Crippen molar-refractivity contribution in [2.45, 2.75) is 56.2 Å². The number of hydrogen-bond donors (Lipinski definition) is 1. The van der Waals surface area contributed by atoms with E-state index in [1.54, 1.807) is 6.92 Å². The number of halogens is 1. The quantitative estimate of drug-likeness (QED) is 0.276. The normalized spacial score (nSPS) is 31.4. The largest absolute Gasteiger partial charge is 0.462 e. The number of hydrogen-bond acceptors (Lipinski definition) is 9. The van der Waals surface area contributed by atoms with E-state index in [1.165, 1.54) is 19.2 Å². The third-order valence-corrected chi connectivity index (χ3v) is 5.17. The lowest BCUT2D eigenvalue weighted by molar-refractivity contribution is -0.182. The van der Waals surface area contributed by atoms with Crippen molar-refractivity contribution in [2.75, 3.05) is 18.9 Å². The maximum absolute atomic E-state index is 16.1. The molecular formula is C17H21FN6O6. The molecule has 1 unspecified atom stereocenters. The molecule has 0 radical (unpaired) electrons. The van der Waals surface area contributed by atoms with Gasteiger partial charge in [-0.2, -0.15) is 4.98 Å². The van der Waals surface area contributed by atoms with E-state index >= 15 is 4.39 Å². The van der Waals surface area contributed by atoms with Crippen LogP contribution in [-0.2, 0) is 23.8 Å². The minimum Gasteiger partial charge on any atom is -0.462 e. The Bertz CT molecular complexity index is 964. The first-order valence-electron chi connectivity index (χ1n) is 9.30. The molecule has 1 saturated heterocycles. The van der Waals surface area contributed by atoms with E-state index in [4.69, 9.17) is 25.5 Å². The van der Waals surface area contributed by atoms with E-state index in [9.17, 15) is 14.4 Å². The summed E-state index contributed by atoms with van der Waals surface area (Å²) in [6.45, 7) is 2.14. The zero-order valence-corrected chi connectivity index (χ0v) is 16.4. The van der Waals surface area contributed by atoms with Gasteiger partial charge in [0.2, 0.25) is 5.67 Å². The summed E-state index contributed by atoms with van der Waals surface area (Å²) in [5.74, 6) is -1.36. The lowest BCUT2D eigenvalue weighted by atomic mass is 9.93. The number of carbonyl (C=O) groups excluding carboxylic acids is 2. The lowest BCUT2D eigenvalue weighted by Gasteiger charge is -2.36. The van der Waals surface area contributed by atoms with Crippen molar-refractivity contribution in [1.29, 1.82) is 0 Å². The van der Waals surface area contributed by atoms with Gasteiger partial charge in [0.05, 0.1) is 6.54 Å². The fourth-order valence-corrected chi connectivity index (χ4v) is 3.65. The number of ether oxygens (including phenoxy) is 3. The third-order valence-electron chi connectivity index (χ3n) is 5.17. The van der Waals surface area contributed by atoms with Gasteiger partial charge in [-0.15, -0.1) is 0 Å². The Labute approximate surface area is 169 Å². The van der Waals surface area contributed by atoms with Gasteiger partial charge >= 0.3 is 17.6 Å². The molecule has 1 aliphatic carbocycles. The van der Waals surface area contributed by atoms with E-state index in [0.717, 1.165) is 4.57 Å². The Morgan fingerprint density at radius 1 is 1.43 bits per heavy atom. The minimum absolute atomic E-state index is 0.0333. The molecule has 0 aromatic carbocycles. The predicted octanol–water partition coefficient (Wildman–Crippen LogP) is 0.811. The van der Waals surface area contributed by atoms with Gasteiger partial charge < -0.3 is 19.9 Å². The highest BCUT2D eigenvalue weighted by atomic mass is 19.1. The fraction of sp³-hybridized carbons (Fsp3) is 0.647. The summed E-state index contributed by atoms with van der Waals surface area (Å²) >= 11 is 0. The summed E-state index contributed by atoms with van der Waals surface area (Å²) in [4.78, 5) is 42.1. The number of carbonyl (C=O) groups is 2. The number of anilines is 1. The van der Waals surface area contributed by atoms with Crippen molar-refractivity contribution in [3.8, 4) is 0 Å². The van der Waals surface area contributed by atoms with E-state index in [-0.39, 0.29) is 18.7 Å². The molecular weight excluding hydrogens is 403 g/mol. The van der Waals surface area contributed by atoms with Crippen molar-refractivity contribution in [3.63, 3.8) is 0 Å². The molecule has 1 aromatic rings. The zero-order valence-electron chi connectivity index (χ0n) is 16.4. The molecule has 2 N–H and O–H groups in total. The van der Waals surface area contributed by atoms with Crippen LogP contribution in [-0.4, -0.2) is 58.1 Å². The highest BCUT2D eigenvalue weighted by Crippen LogP contribution is 2.65. The first-order chi connectivity index (χ1) is 14.2. The second kappa shape index (κ2) is 7.92. The average Bonchev–Trinajstić information content (AvgIpc) is 3.21. The number of fused-ring (bicyclic) bond motifs is 1. The number of alkyl halides is 1. The van der Waals surface area contributed by atoms with Gasteiger partial charge in [-0.3, -0.25) is 14.2 Å². The number of rotatable bonds is 8. The van der Waals surface area contributed by atoms with Crippen molar-refractivity contribution in [1.82, 2.24) is 9.55 Å².